The zero-order valence-corrected chi connectivity index (χ0v) is 17.5. The topological polar surface area (TPSA) is 88.7 Å². The third kappa shape index (κ3) is 4.67. The van der Waals surface area contributed by atoms with Gasteiger partial charge in [-0.2, -0.15) is 10.2 Å². The van der Waals surface area contributed by atoms with E-state index in [0.717, 1.165) is 11.3 Å². The van der Waals surface area contributed by atoms with Gasteiger partial charge in [-0.3, -0.25) is 4.79 Å². The Morgan fingerprint density at radius 1 is 1.09 bits per heavy atom. The minimum absolute atomic E-state index is 0.0499. The number of phenolic OH excluding ortho intramolecular Hbond substituents is 1. The van der Waals surface area contributed by atoms with E-state index in [1.165, 1.54) is 12.3 Å². The molecule has 1 heterocycles. The number of carbonyl (C=O) groups excluding carboxylic acids is 1. The van der Waals surface area contributed by atoms with E-state index >= 15 is 0 Å². The number of hydrazone groups is 1. The summed E-state index contributed by atoms with van der Waals surface area (Å²) >= 11 is 0. The molecule has 1 aromatic heterocycles. The van der Waals surface area contributed by atoms with Crippen molar-refractivity contribution in [2.45, 2.75) is 6.92 Å². The van der Waals surface area contributed by atoms with Gasteiger partial charge < -0.3 is 9.84 Å². The van der Waals surface area contributed by atoms with Crippen LogP contribution in [0.3, 0.4) is 0 Å². The quantitative estimate of drug-likeness (QED) is 0.338. The van der Waals surface area contributed by atoms with Crippen molar-refractivity contribution >= 4 is 12.1 Å². The highest BCUT2D eigenvalue weighted by Gasteiger charge is 2.18. The van der Waals surface area contributed by atoms with Gasteiger partial charge >= 0.3 is 0 Å². The first-order chi connectivity index (χ1) is 15.7. The lowest BCUT2D eigenvalue weighted by Crippen LogP contribution is -2.18. The predicted octanol–water partition coefficient (Wildman–Crippen LogP) is 4.41. The van der Waals surface area contributed by atoms with Crippen molar-refractivity contribution in [1.29, 1.82) is 0 Å². The van der Waals surface area contributed by atoms with Gasteiger partial charge in [0.25, 0.3) is 5.91 Å². The van der Waals surface area contributed by atoms with Crippen LogP contribution in [0.1, 0.15) is 22.8 Å². The summed E-state index contributed by atoms with van der Waals surface area (Å²) in [6.07, 6.45) is 3.18. The molecule has 0 bridgehead atoms. The van der Waals surface area contributed by atoms with Crippen LogP contribution in [-0.4, -0.2) is 33.6 Å². The molecule has 160 valence electrons. The molecule has 4 aromatic rings. The number of aromatic hydroxyl groups is 1. The molecule has 0 saturated heterocycles. The summed E-state index contributed by atoms with van der Waals surface area (Å²) in [5.74, 6) is 0.0261. The summed E-state index contributed by atoms with van der Waals surface area (Å²) in [6, 6.07) is 24.0. The maximum Gasteiger partial charge on any atom is 0.275 e. The third-order valence-corrected chi connectivity index (χ3v) is 4.69. The van der Waals surface area contributed by atoms with E-state index < -0.39 is 0 Å². The van der Waals surface area contributed by atoms with Crippen molar-refractivity contribution in [2.24, 2.45) is 5.10 Å². The van der Waals surface area contributed by atoms with Crippen molar-refractivity contribution in [3.05, 3.63) is 96.2 Å². The lowest BCUT2D eigenvalue weighted by atomic mass is 10.1. The zero-order valence-electron chi connectivity index (χ0n) is 17.5. The molecular formula is C25H22N4O3. The number of rotatable bonds is 7. The Balaban J connectivity index is 1.60. The average Bonchev–Trinajstić information content (AvgIpc) is 3.28. The van der Waals surface area contributed by atoms with Gasteiger partial charge in [0.15, 0.2) is 11.5 Å². The number of carbonyl (C=O) groups is 1. The van der Waals surface area contributed by atoms with E-state index in [2.05, 4.69) is 15.6 Å². The molecule has 0 saturated carbocycles. The molecule has 0 radical (unpaired) electrons. The molecule has 3 aromatic carbocycles. The van der Waals surface area contributed by atoms with Gasteiger partial charge in [-0.05, 0) is 42.8 Å². The van der Waals surface area contributed by atoms with Crippen LogP contribution in [0.15, 0.2) is 90.2 Å². The minimum Gasteiger partial charge on any atom is -0.504 e. The maximum absolute atomic E-state index is 13.0. The summed E-state index contributed by atoms with van der Waals surface area (Å²) in [4.78, 5) is 13.0. The molecule has 0 aliphatic carbocycles. The normalized spacial score (nSPS) is 10.9. The summed E-state index contributed by atoms with van der Waals surface area (Å²) in [7, 11) is 0. The van der Waals surface area contributed by atoms with E-state index in [1.54, 1.807) is 23.0 Å². The monoisotopic (exact) mass is 426 g/mol. The van der Waals surface area contributed by atoms with Crippen LogP contribution >= 0.6 is 0 Å². The largest absolute Gasteiger partial charge is 0.504 e. The number of ether oxygens (including phenoxy) is 1. The van der Waals surface area contributed by atoms with E-state index in [0.29, 0.717) is 29.2 Å². The molecular weight excluding hydrogens is 404 g/mol. The van der Waals surface area contributed by atoms with Crippen molar-refractivity contribution in [1.82, 2.24) is 15.2 Å². The molecule has 4 rings (SSSR count). The van der Waals surface area contributed by atoms with Gasteiger partial charge in [0.2, 0.25) is 0 Å². The van der Waals surface area contributed by atoms with E-state index in [4.69, 9.17) is 4.74 Å². The van der Waals surface area contributed by atoms with Gasteiger partial charge in [0.1, 0.15) is 5.69 Å². The minimum atomic E-state index is -0.383. The van der Waals surface area contributed by atoms with Gasteiger partial charge in [-0.15, -0.1) is 0 Å². The van der Waals surface area contributed by atoms with E-state index in [9.17, 15) is 9.90 Å². The number of benzene rings is 3. The van der Waals surface area contributed by atoms with Gasteiger partial charge in [-0.1, -0.05) is 48.5 Å². The zero-order chi connectivity index (χ0) is 22.3. The Kier molecular flexibility index (Phi) is 6.27. The van der Waals surface area contributed by atoms with Gasteiger partial charge in [0, 0.05) is 11.8 Å². The predicted molar refractivity (Wildman–Crippen MR) is 123 cm³/mol. The van der Waals surface area contributed by atoms with Crippen molar-refractivity contribution in [3.8, 4) is 28.4 Å². The number of amides is 1. The van der Waals surface area contributed by atoms with Crippen LogP contribution in [0.2, 0.25) is 0 Å². The second-order valence-electron chi connectivity index (χ2n) is 6.90. The highest BCUT2D eigenvalue weighted by molar-refractivity contribution is 6.00. The molecule has 0 atom stereocenters. The third-order valence-electron chi connectivity index (χ3n) is 4.69. The molecule has 0 fully saturated rings. The molecule has 0 spiro atoms. The summed E-state index contributed by atoms with van der Waals surface area (Å²) in [6.45, 7) is 2.26. The molecule has 0 aliphatic rings. The molecule has 0 aliphatic heterocycles. The molecule has 1 amide bonds. The maximum atomic E-state index is 13.0. The van der Waals surface area contributed by atoms with Gasteiger partial charge in [0.05, 0.1) is 24.1 Å². The Morgan fingerprint density at radius 3 is 2.53 bits per heavy atom. The lowest BCUT2D eigenvalue weighted by molar-refractivity contribution is 0.0955. The van der Waals surface area contributed by atoms with Crippen molar-refractivity contribution in [3.63, 3.8) is 0 Å². The van der Waals surface area contributed by atoms with Crippen LogP contribution in [0, 0.1) is 0 Å². The second kappa shape index (κ2) is 9.61. The van der Waals surface area contributed by atoms with Gasteiger partial charge in [-0.25, -0.2) is 10.1 Å². The number of phenols is 1. The summed E-state index contributed by atoms with van der Waals surface area (Å²) < 4.78 is 7.05. The molecule has 7 heteroatoms. The number of nitrogens with one attached hydrogen (secondary N) is 1. The van der Waals surface area contributed by atoms with Crippen LogP contribution in [0.25, 0.3) is 16.9 Å². The number of hydrogen-bond donors (Lipinski definition) is 2. The summed E-state index contributed by atoms with van der Waals surface area (Å²) in [5, 5.41) is 18.5. The van der Waals surface area contributed by atoms with Crippen LogP contribution in [-0.2, 0) is 0 Å². The Labute approximate surface area is 185 Å². The highest BCUT2D eigenvalue weighted by atomic mass is 16.5. The van der Waals surface area contributed by atoms with E-state index in [1.807, 2.05) is 67.6 Å². The first kappa shape index (κ1) is 20.9. The number of hydrogen-bond acceptors (Lipinski definition) is 5. The molecule has 0 unspecified atom stereocenters. The highest BCUT2D eigenvalue weighted by Crippen LogP contribution is 2.26. The van der Waals surface area contributed by atoms with Crippen LogP contribution in [0.5, 0.6) is 11.5 Å². The fourth-order valence-electron chi connectivity index (χ4n) is 3.17. The van der Waals surface area contributed by atoms with E-state index in [-0.39, 0.29) is 11.7 Å². The number of para-hydroxylation sites is 1. The first-order valence-corrected chi connectivity index (χ1v) is 10.2. The smallest absolute Gasteiger partial charge is 0.275 e. The molecule has 32 heavy (non-hydrogen) atoms. The average molecular weight is 426 g/mol. The molecule has 2 N–H and O–H groups in total. The SMILES string of the molecule is CCOc1cc(/C=N/NC(=O)c2cn(-c3ccccc3)nc2-c2ccccc2)ccc1O. The van der Waals surface area contributed by atoms with Crippen LogP contribution < -0.4 is 10.2 Å². The second-order valence-corrected chi connectivity index (χ2v) is 6.90. The Bertz CT molecular complexity index is 1230. The lowest BCUT2D eigenvalue weighted by Gasteiger charge is -2.06. The Morgan fingerprint density at radius 2 is 1.81 bits per heavy atom. The fourth-order valence-corrected chi connectivity index (χ4v) is 3.17. The first-order valence-electron chi connectivity index (χ1n) is 10.2. The number of aromatic nitrogens is 2. The fraction of sp³-hybridized carbons (Fsp3) is 0.0800. The van der Waals surface area contributed by atoms with Crippen molar-refractivity contribution in [2.75, 3.05) is 6.61 Å². The van der Waals surface area contributed by atoms with Crippen LogP contribution in [0.4, 0.5) is 0 Å². The summed E-state index contributed by atoms with van der Waals surface area (Å²) in [5.41, 5.74) is 5.88. The standard InChI is InChI=1S/C25H22N4O3/c1-2-32-23-15-18(13-14-22(23)30)16-26-27-25(31)21-17-29(20-11-7-4-8-12-20)28-24(21)19-9-5-3-6-10-19/h3-17,30H,2H2,1H3,(H,27,31)/b26-16+. The van der Waals surface area contributed by atoms with Crippen molar-refractivity contribution < 1.29 is 14.6 Å². The number of nitrogens with zero attached hydrogens (tertiary/aromatic N) is 3. The Hall–Kier alpha value is -4.39. The molecule has 7 nitrogen and oxygen atoms in total.